The van der Waals surface area contributed by atoms with Crippen molar-refractivity contribution in [1.82, 2.24) is 4.40 Å². The predicted molar refractivity (Wildman–Crippen MR) is 58.4 cm³/mol. The van der Waals surface area contributed by atoms with Crippen molar-refractivity contribution in [2.24, 2.45) is 0 Å². The normalized spacial score (nSPS) is 10.5. The lowest BCUT2D eigenvalue weighted by Crippen LogP contribution is -2.04. The van der Waals surface area contributed by atoms with Gasteiger partial charge in [-0.05, 0) is 19.1 Å². The van der Waals surface area contributed by atoms with Gasteiger partial charge in [-0.1, -0.05) is 17.7 Å². The summed E-state index contributed by atoms with van der Waals surface area (Å²) in [5.74, 6) is -0.379. The van der Waals surface area contributed by atoms with Crippen molar-refractivity contribution in [2.75, 3.05) is 6.61 Å². The molecule has 0 N–H and O–H groups in total. The van der Waals surface area contributed by atoms with Crippen LogP contribution >= 0.6 is 11.6 Å². The van der Waals surface area contributed by atoms with Gasteiger partial charge in [0.25, 0.3) is 0 Å². The van der Waals surface area contributed by atoms with Gasteiger partial charge in [0, 0.05) is 12.4 Å². The van der Waals surface area contributed by atoms with Crippen LogP contribution in [0.5, 0.6) is 0 Å². The lowest BCUT2D eigenvalue weighted by atomic mass is 10.2. The molecule has 3 nitrogen and oxygen atoms in total. The van der Waals surface area contributed by atoms with E-state index >= 15 is 0 Å². The van der Waals surface area contributed by atoms with Gasteiger partial charge in [-0.15, -0.1) is 0 Å². The molecule has 0 bridgehead atoms. The minimum Gasteiger partial charge on any atom is -0.462 e. The van der Waals surface area contributed by atoms with Gasteiger partial charge in [0.2, 0.25) is 0 Å². The van der Waals surface area contributed by atoms with Crippen LogP contribution in [-0.4, -0.2) is 17.0 Å². The van der Waals surface area contributed by atoms with Crippen molar-refractivity contribution < 1.29 is 9.53 Å². The highest BCUT2D eigenvalue weighted by Gasteiger charge is 2.17. The van der Waals surface area contributed by atoms with Crippen molar-refractivity contribution in [2.45, 2.75) is 6.92 Å². The van der Waals surface area contributed by atoms with Crippen LogP contribution in [0.4, 0.5) is 0 Å². The number of hydrogen-bond donors (Lipinski definition) is 0. The Balaban J connectivity index is 2.58. The summed E-state index contributed by atoms with van der Waals surface area (Å²) in [4.78, 5) is 11.6. The highest BCUT2D eigenvalue weighted by Crippen LogP contribution is 2.23. The Labute approximate surface area is 92.2 Å². The summed E-state index contributed by atoms with van der Waals surface area (Å²) in [6.07, 6.45) is 3.53. The molecule has 0 atom stereocenters. The summed E-state index contributed by atoms with van der Waals surface area (Å²) in [5.41, 5.74) is 1.19. The summed E-state index contributed by atoms with van der Waals surface area (Å²) in [7, 11) is 0. The summed E-state index contributed by atoms with van der Waals surface area (Å²) in [6.45, 7) is 2.11. The Morgan fingerprint density at radius 2 is 2.33 bits per heavy atom. The molecule has 2 heterocycles. The van der Waals surface area contributed by atoms with E-state index in [1.807, 2.05) is 24.4 Å². The first-order valence-electron chi connectivity index (χ1n) is 4.66. The average Bonchev–Trinajstić information content (AvgIpc) is 2.54. The van der Waals surface area contributed by atoms with Gasteiger partial charge in [-0.3, -0.25) is 0 Å². The number of pyridine rings is 1. The largest absolute Gasteiger partial charge is 0.462 e. The van der Waals surface area contributed by atoms with Crippen molar-refractivity contribution >= 4 is 23.1 Å². The first-order chi connectivity index (χ1) is 7.24. The van der Waals surface area contributed by atoms with Crippen LogP contribution in [0, 0.1) is 0 Å². The van der Waals surface area contributed by atoms with E-state index in [2.05, 4.69) is 0 Å². The monoisotopic (exact) mass is 223 g/mol. The van der Waals surface area contributed by atoms with Crippen molar-refractivity contribution in [3.05, 3.63) is 41.2 Å². The van der Waals surface area contributed by atoms with Crippen LogP contribution in [0.2, 0.25) is 5.02 Å². The van der Waals surface area contributed by atoms with E-state index in [1.54, 1.807) is 17.5 Å². The molecule has 78 valence electrons. The van der Waals surface area contributed by atoms with Crippen molar-refractivity contribution in [1.29, 1.82) is 0 Å². The Morgan fingerprint density at radius 3 is 3.07 bits per heavy atom. The number of fused-ring (bicyclic) bond motifs is 1. The summed E-state index contributed by atoms with van der Waals surface area (Å²) in [5, 5.41) is 0.416. The van der Waals surface area contributed by atoms with E-state index in [1.165, 1.54) is 0 Å². The fourth-order valence-corrected chi connectivity index (χ4v) is 1.77. The van der Waals surface area contributed by atoms with E-state index in [4.69, 9.17) is 16.3 Å². The number of hydrogen-bond acceptors (Lipinski definition) is 2. The molecule has 2 aromatic rings. The van der Waals surface area contributed by atoms with Gasteiger partial charge in [-0.25, -0.2) is 4.79 Å². The topological polar surface area (TPSA) is 30.7 Å². The summed E-state index contributed by atoms with van der Waals surface area (Å²) in [6, 6.07) is 5.56. The Hall–Kier alpha value is -1.48. The number of esters is 1. The number of carbonyl (C=O) groups excluding carboxylic acids is 1. The molecule has 0 aliphatic rings. The minimum absolute atomic E-state index is 0.347. The highest BCUT2D eigenvalue weighted by molar-refractivity contribution is 6.34. The highest BCUT2D eigenvalue weighted by atomic mass is 35.5. The second kappa shape index (κ2) is 3.95. The number of aromatic nitrogens is 1. The van der Waals surface area contributed by atoms with E-state index in [-0.39, 0.29) is 5.97 Å². The molecule has 0 radical (unpaired) electrons. The maximum absolute atomic E-state index is 11.6. The van der Waals surface area contributed by atoms with Crippen LogP contribution in [0.3, 0.4) is 0 Å². The van der Waals surface area contributed by atoms with Gasteiger partial charge in [0.15, 0.2) is 0 Å². The Morgan fingerprint density at radius 1 is 1.53 bits per heavy atom. The van der Waals surface area contributed by atoms with E-state index in [0.717, 1.165) is 5.52 Å². The van der Waals surface area contributed by atoms with Crippen LogP contribution in [0.15, 0.2) is 30.6 Å². The van der Waals surface area contributed by atoms with Gasteiger partial charge in [-0.2, -0.15) is 0 Å². The zero-order chi connectivity index (χ0) is 10.8. The lowest BCUT2D eigenvalue weighted by molar-refractivity contribution is 0.0529. The molecular formula is C11H10ClNO2. The van der Waals surface area contributed by atoms with E-state index in [0.29, 0.717) is 17.2 Å². The number of halogens is 1. The smallest absolute Gasteiger partial charge is 0.341 e. The van der Waals surface area contributed by atoms with Crippen LogP contribution in [0.1, 0.15) is 17.3 Å². The minimum atomic E-state index is -0.379. The van der Waals surface area contributed by atoms with Crippen molar-refractivity contribution in [3.63, 3.8) is 0 Å². The molecule has 4 heteroatoms. The third-order valence-electron chi connectivity index (χ3n) is 2.12. The van der Waals surface area contributed by atoms with Gasteiger partial charge in [0.05, 0.1) is 17.1 Å². The second-order valence-electron chi connectivity index (χ2n) is 3.07. The number of ether oxygens (including phenoxy) is 1. The Bertz CT molecular complexity index is 504. The molecule has 15 heavy (non-hydrogen) atoms. The van der Waals surface area contributed by atoms with Crippen LogP contribution < -0.4 is 0 Å². The predicted octanol–water partition coefficient (Wildman–Crippen LogP) is 2.77. The molecule has 0 saturated carbocycles. The van der Waals surface area contributed by atoms with Crippen LogP contribution in [0.25, 0.3) is 5.52 Å². The number of nitrogens with zero attached hydrogens (tertiary/aromatic N) is 1. The summed E-state index contributed by atoms with van der Waals surface area (Å²) >= 11 is 5.98. The molecule has 0 amide bonds. The van der Waals surface area contributed by atoms with Gasteiger partial charge < -0.3 is 9.14 Å². The molecule has 2 aromatic heterocycles. The van der Waals surface area contributed by atoms with Crippen molar-refractivity contribution in [3.8, 4) is 0 Å². The SMILES string of the molecule is CCOC(=O)c1c(Cl)cn2ccccc12. The zero-order valence-corrected chi connectivity index (χ0v) is 8.99. The zero-order valence-electron chi connectivity index (χ0n) is 8.24. The lowest BCUT2D eigenvalue weighted by Gasteiger charge is -2.00. The fourth-order valence-electron chi connectivity index (χ4n) is 1.49. The quantitative estimate of drug-likeness (QED) is 0.733. The van der Waals surface area contributed by atoms with Gasteiger partial charge in [0.1, 0.15) is 5.56 Å². The van der Waals surface area contributed by atoms with E-state index in [9.17, 15) is 4.79 Å². The fraction of sp³-hybridized carbons (Fsp3) is 0.182. The molecule has 0 saturated heterocycles. The molecule has 2 rings (SSSR count). The molecule has 0 aromatic carbocycles. The molecule has 0 fully saturated rings. The molecule has 0 spiro atoms. The standard InChI is InChI=1S/C11H10ClNO2/c1-2-15-11(14)10-8(12)7-13-6-4-3-5-9(10)13/h3-7H,2H2,1H3. The first kappa shape index (κ1) is 10.1. The third kappa shape index (κ3) is 1.70. The van der Waals surface area contributed by atoms with Gasteiger partial charge >= 0.3 is 5.97 Å². The van der Waals surface area contributed by atoms with E-state index < -0.39 is 0 Å². The summed E-state index contributed by atoms with van der Waals surface area (Å²) < 4.78 is 6.74. The third-order valence-corrected chi connectivity index (χ3v) is 2.40. The number of rotatable bonds is 2. The Kier molecular flexibility index (Phi) is 2.64. The molecule has 0 aliphatic heterocycles. The second-order valence-corrected chi connectivity index (χ2v) is 3.47. The molecule has 0 aliphatic carbocycles. The maximum atomic E-state index is 11.6. The average molecular weight is 224 g/mol. The first-order valence-corrected chi connectivity index (χ1v) is 5.04. The molecule has 0 unspecified atom stereocenters. The molecular weight excluding hydrogens is 214 g/mol. The maximum Gasteiger partial charge on any atom is 0.341 e. The number of carbonyl (C=O) groups is 1. The van der Waals surface area contributed by atoms with Crippen LogP contribution in [-0.2, 0) is 4.74 Å².